The van der Waals surface area contributed by atoms with E-state index in [2.05, 4.69) is 22.0 Å². The summed E-state index contributed by atoms with van der Waals surface area (Å²) in [6, 6.07) is 7.24. The third-order valence-electron chi connectivity index (χ3n) is 4.80. The Balaban J connectivity index is 1.66. The molecule has 1 saturated heterocycles. The SMILES string of the molecule is CC(C)c1noc(C(C)N2CCCN(C(=O)c3ccccc3Cl)CC2)n1. The number of hydrogen-bond donors (Lipinski definition) is 0. The van der Waals surface area contributed by atoms with Gasteiger partial charge in [0.05, 0.1) is 16.6 Å². The summed E-state index contributed by atoms with van der Waals surface area (Å²) in [5, 5.41) is 4.55. The van der Waals surface area contributed by atoms with E-state index in [0.29, 0.717) is 29.6 Å². The summed E-state index contributed by atoms with van der Waals surface area (Å²) < 4.78 is 5.44. The largest absolute Gasteiger partial charge is 0.338 e. The highest BCUT2D eigenvalue weighted by Gasteiger charge is 2.27. The van der Waals surface area contributed by atoms with E-state index in [1.165, 1.54) is 0 Å². The Morgan fingerprint density at radius 2 is 1.92 bits per heavy atom. The van der Waals surface area contributed by atoms with Crippen LogP contribution in [0.2, 0.25) is 5.02 Å². The van der Waals surface area contributed by atoms with Crippen LogP contribution in [0.15, 0.2) is 28.8 Å². The normalized spacial score (nSPS) is 17.3. The van der Waals surface area contributed by atoms with Crippen molar-refractivity contribution in [3.8, 4) is 0 Å². The van der Waals surface area contributed by atoms with Crippen molar-refractivity contribution in [3.05, 3.63) is 46.6 Å². The maximum atomic E-state index is 12.8. The summed E-state index contributed by atoms with van der Waals surface area (Å²) in [5.74, 6) is 1.61. The van der Waals surface area contributed by atoms with Gasteiger partial charge in [0.2, 0.25) is 5.89 Å². The van der Waals surface area contributed by atoms with Gasteiger partial charge in [-0.05, 0) is 25.5 Å². The molecule has 0 spiro atoms. The Hall–Kier alpha value is -1.92. The molecule has 0 bridgehead atoms. The van der Waals surface area contributed by atoms with Gasteiger partial charge in [-0.2, -0.15) is 4.98 Å². The number of hydrogen-bond acceptors (Lipinski definition) is 5. The van der Waals surface area contributed by atoms with Gasteiger partial charge >= 0.3 is 0 Å². The molecule has 2 heterocycles. The number of nitrogens with zero attached hydrogens (tertiary/aromatic N) is 4. The zero-order valence-electron chi connectivity index (χ0n) is 15.5. The van der Waals surface area contributed by atoms with Crippen LogP contribution in [0.1, 0.15) is 61.2 Å². The maximum Gasteiger partial charge on any atom is 0.255 e. The monoisotopic (exact) mass is 376 g/mol. The summed E-state index contributed by atoms with van der Waals surface area (Å²) in [6.45, 7) is 9.17. The van der Waals surface area contributed by atoms with Crippen LogP contribution in [0.25, 0.3) is 0 Å². The fraction of sp³-hybridized carbons (Fsp3) is 0.526. The van der Waals surface area contributed by atoms with Crippen LogP contribution in [-0.4, -0.2) is 52.0 Å². The van der Waals surface area contributed by atoms with E-state index >= 15 is 0 Å². The predicted octanol–water partition coefficient (Wildman–Crippen LogP) is 3.76. The van der Waals surface area contributed by atoms with E-state index in [1.807, 2.05) is 30.9 Å². The van der Waals surface area contributed by atoms with Gasteiger partial charge < -0.3 is 9.42 Å². The van der Waals surface area contributed by atoms with Gasteiger partial charge in [0.15, 0.2) is 5.82 Å². The van der Waals surface area contributed by atoms with Gasteiger partial charge in [0.1, 0.15) is 0 Å². The fourth-order valence-corrected chi connectivity index (χ4v) is 3.36. The first-order valence-corrected chi connectivity index (χ1v) is 9.46. The minimum absolute atomic E-state index is 0.00927. The Morgan fingerprint density at radius 3 is 2.62 bits per heavy atom. The zero-order valence-corrected chi connectivity index (χ0v) is 16.2. The summed E-state index contributed by atoms with van der Waals surface area (Å²) in [4.78, 5) is 21.5. The lowest BCUT2D eigenvalue weighted by Crippen LogP contribution is -2.36. The lowest BCUT2D eigenvalue weighted by atomic mass is 10.2. The molecule has 1 fully saturated rings. The molecule has 0 aliphatic carbocycles. The molecule has 1 aliphatic rings. The molecule has 1 atom stereocenters. The van der Waals surface area contributed by atoms with Crippen molar-refractivity contribution < 1.29 is 9.32 Å². The van der Waals surface area contributed by atoms with Gasteiger partial charge in [-0.25, -0.2) is 0 Å². The second-order valence-corrected chi connectivity index (χ2v) is 7.39. The molecule has 26 heavy (non-hydrogen) atoms. The van der Waals surface area contributed by atoms with Gasteiger partial charge in [-0.3, -0.25) is 9.69 Å². The van der Waals surface area contributed by atoms with Crippen molar-refractivity contribution in [2.45, 2.75) is 39.2 Å². The number of amides is 1. The molecule has 1 amide bonds. The van der Waals surface area contributed by atoms with Crippen LogP contribution in [0.5, 0.6) is 0 Å². The number of carbonyl (C=O) groups excluding carboxylic acids is 1. The van der Waals surface area contributed by atoms with Crippen LogP contribution in [-0.2, 0) is 0 Å². The van der Waals surface area contributed by atoms with Crippen LogP contribution in [0, 0.1) is 0 Å². The number of halogens is 1. The Kier molecular flexibility index (Phi) is 5.94. The first-order valence-electron chi connectivity index (χ1n) is 9.08. The molecular weight excluding hydrogens is 352 g/mol. The second kappa shape index (κ2) is 8.18. The van der Waals surface area contributed by atoms with Crippen molar-refractivity contribution in [3.63, 3.8) is 0 Å². The molecule has 2 aromatic rings. The standard InChI is InChI=1S/C19H25ClN4O2/c1-13(2)17-21-18(26-22-17)14(3)23-9-6-10-24(12-11-23)19(25)15-7-4-5-8-16(15)20/h4-5,7-8,13-14H,6,9-12H2,1-3H3. The van der Waals surface area contributed by atoms with E-state index in [0.717, 1.165) is 25.3 Å². The van der Waals surface area contributed by atoms with Gasteiger partial charge in [-0.15, -0.1) is 0 Å². The molecule has 140 valence electrons. The van der Waals surface area contributed by atoms with E-state index in [-0.39, 0.29) is 17.9 Å². The Labute approximate surface area is 159 Å². The molecule has 1 unspecified atom stereocenters. The topological polar surface area (TPSA) is 62.5 Å². The highest BCUT2D eigenvalue weighted by Crippen LogP contribution is 2.23. The van der Waals surface area contributed by atoms with Gasteiger partial charge in [0.25, 0.3) is 5.91 Å². The summed E-state index contributed by atoms with van der Waals surface area (Å²) >= 11 is 6.18. The highest BCUT2D eigenvalue weighted by atomic mass is 35.5. The first-order chi connectivity index (χ1) is 12.5. The minimum Gasteiger partial charge on any atom is -0.338 e. The average Bonchev–Trinajstić information content (AvgIpc) is 3.00. The molecule has 1 aromatic heterocycles. The zero-order chi connectivity index (χ0) is 18.7. The molecule has 1 aliphatic heterocycles. The van der Waals surface area contributed by atoms with Crippen LogP contribution in [0.4, 0.5) is 0 Å². The first kappa shape index (κ1) is 18.9. The van der Waals surface area contributed by atoms with E-state index in [9.17, 15) is 4.79 Å². The van der Waals surface area contributed by atoms with Crippen LogP contribution >= 0.6 is 11.6 Å². The van der Waals surface area contributed by atoms with Crippen molar-refractivity contribution in [1.29, 1.82) is 0 Å². The van der Waals surface area contributed by atoms with Crippen molar-refractivity contribution in [2.75, 3.05) is 26.2 Å². The maximum absolute atomic E-state index is 12.8. The smallest absolute Gasteiger partial charge is 0.255 e. The summed E-state index contributed by atoms with van der Waals surface area (Å²) in [6.07, 6.45) is 0.895. The number of carbonyl (C=O) groups is 1. The molecule has 7 heteroatoms. The Morgan fingerprint density at radius 1 is 1.15 bits per heavy atom. The van der Waals surface area contributed by atoms with Crippen molar-refractivity contribution in [1.82, 2.24) is 19.9 Å². The average molecular weight is 377 g/mol. The fourth-order valence-electron chi connectivity index (χ4n) is 3.14. The number of aromatic nitrogens is 2. The Bertz CT molecular complexity index is 762. The third-order valence-corrected chi connectivity index (χ3v) is 5.13. The van der Waals surface area contributed by atoms with Crippen LogP contribution in [0.3, 0.4) is 0 Å². The number of benzene rings is 1. The van der Waals surface area contributed by atoms with Gasteiger partial charge in [-0.1, -0.05) is 42.7 Å². The lowest BCUT2D eigenvalue weighted by Gasteiger charge is -2.25. The highest BCUT2D eigenvalue weighted by molar-refractivity contribution is 6.33. The number of rotatable bonds is 4. The molecule has 0 saturated carbocycles. The summed E-state index contributed by atoms with van der Waals surface area (Å²) in [7, 11) is 0. The van der Waals surface area contributed by atoms with E-state index < -0.39 is 0 Å². The molecule has 0 N–H and O–H groups in total. The summed E-state index contributed by atoms with van der Waals surface area (Å²) in [5.41, 5.74) is 0.564. The minimum atomic E-state index is -0.00927. The molecular formula is C19H25ClN4O2. The third kappa shape index (κ3) is 4.07. The van der Waals surface area contributed by atoms with E-state index in [4.69, 9.17) is 16.1 Å². The molecule has 3 rings (SSSR count). The molecule has 1 aromatic carbocycles. The van der Waals surface area contributed by atoms with E-state index in [1.54, 1.807) is 12.1 Å². The van der Waals surface area contributed by atoms with Crippen molar-refractivity contribution in [2.24, 2.45) is 0 Å². The second-order valence-electron chi connectivity index (χ2n) is 6.98. The molecule has 0 radical (unpaired) electrons. The van der Waals surface area contributed by atoms with Crippen LogP contribution < -0.4 is 0 Å². The van der Waals surface area contributed by atoms with Gasteiger partial charge in [0, 0.05) is 32.1 Å². The van der Waals surface area contributed by atoms with Crippen molar-refractivity contribution >= 4 is 17.5 Å². The predicted molar refractivity (Wildman–Crippen MR) is 100 cm³/mol. The lowest BCUT2D eigenvalue weighted by molar-refractivity contribution is 0.0757. The molecule has 6 nitrogen and oxygen atoms in total. The quantitative estimate of drug-likeness (QED) is 0.813.